The highest BCUT2D eigenvalue weighted by Crippen LogP contribution is 2.25. The first-order valence-corrected chi connectivity index (χ1v) is 3.99. The second kappa shape index (κ2) is 4.18. The molecule has 0 aliphatic carbocycles. The molecule has 1 aromatic rings. The highest BCUT2D eigenvalue weighted by atomic mass is 16.6. The van der Waals surface area contributed by atoms with Crippen molar-refractivity contribution in [1.29, 1.82) is 5.26 Å². The van der Waals surface area contributed by atoms with E-state index in [-0.39, 0.29) is 17.4 Å². The summed E-state index contributed by atoms with van der Waals surface area (Å²) in [7, 11) is 0. The number of carbonyl (C=O) groups excluding carboxylic acids is 2. The Labute approximate surface area is 89.2 Å². The third-order valence-electron chi connectivity index (χ3n) is 1.90. The van der Waals surface area contributed by atoms with Gasteiger partial charge >= 0.3 is 0 Å². The summed E-state index contributed by atoms with van der Waals surface area (Å²) >= 11 is 0. The molecule has 80 valence electrons. The second-order valence-corrected chi connectivity index (χ2v) is 2.78. The fourth-order valence-corrected chi connectivity index (χ4v) is 1.22. The lowest BCUT2D eigenvalue weighted by Gasteiger charge is -2.02. The molecule has 0 aliphatic rings. The quantitative estimate of drug-likeness (QED) is 0.446. The number of amides is 1. The summed E-state index contributed by atoms with van der Waals surface area (Å²) in [4.78, 5) is 31.3. The van der Waals surface area contributed by atoms with Crippen LogP contribution >= 0.6 is 0 Å². The number of nitrogens with zero attached hydrogens (tertiary/aromatic N) is 2. The zero-order chi connectivity index (χ0) is 12.3. The molecule has 0 aromatic heterocycles. The van der Waals surface area contributed by atoms with Crippen molar-refractivity contribution in [2.75, 3.05) is 0 Å². The Morgan fingerprint density at radius 1 is 1.56 bits per heavy atom. The summed E-state index contributed by atoms with van der Waals surface area (Å²) in [5.74, 6) is -0.961. The van der Waals surface area contributed by atoms with Crippen molar-refractivity contribution < 1.29 is 14.5 Å². The zero-order valence-electron chi connectivity index (χ0n) is 7.84. The van der Waals surface area contributed by atoms with Gasteiger partial charge in [-0.1, -0.05) is 0 Å². The molecule has 7 heteroatoms. The van der Waals surface area contributed by atoms with Crippen LogP contribution in [-0.4, -0.2) is 17.1 Å². The zero-order valence-corrected chi connectivity index (χ0v) is 7.84. The Morgan fingerprint density at radius 3 is 2.56 bits per heavy atom. The number of nitriles is 1. The minimum Gasteiger partial charge on any atom is -0.366 e. The first-order chi connectivity index (χ1) is 7.52. The maximum absolute atomic E-state index is 10.9. The molecule has 0 fully saturated rings. The Bertz CT molecular complexity index is 530. The van der Waals surface area contributed by atoms with Crippen molar-refractivity contribution >= 4 is 17.9 Å². The molecule has 1 amide bonds. The number of nitro benzene ring substituents is 1. The van der Waals surface area contributed by atoms with Gasteiger partial charge in [0.15, 0.2) is 6.29 Å². The number of rotatable bonds is 3. The largest absolute Gasteiger partial charge is 0.366 e. The topological polar surface area (TPSA) is 127 Å². The molecule has 16 heavy (non-hydrogen) atoms. The Hall–Kier alpha value is -2.75. The predicted molar refractivity (Wildman–Crippen MR) is 51.7 cm³/mol. The van der Waals surface area contributed by atoms with Crippen LogP contribution in [-0.2, 0) is 0 Å². The first-order valence-electron chi connectivity index (χ1n) is 3.99. The molecule has 0 unspecified atom stereocenters. The third kappa shape index (κ3) is 1.72. The fraction of sp³-hybridized carbons (Fsp3) is 0. The molecular weight excluding hydrogens is 214 g/mol. The smallest absolute Gasteiger partial charge is 0.298 e. The Morgan fingerprint density at radius 2 is 2.19 bits per heavy atom. The van der Waals surface area contributed by atoms with E-state index in [4.69, 9.17) is 11.0 Å². The van der Waals surface area contributed by atoms with E-state index in [0.717, 1.165) is 12.1 Å². The van der Waals surface area contributed by atoms with Crippen molar-refractivity contribution in [3.63, 3.8) is 0 Å². The molecule has 0 spiro atoms. The molecule has 2 N–H and O–H groups in total. The van der Waals surface area contributed by atoms with Gasteiger partial charge < -0.3 is 5.73 Å². The van der Waals surface area contributed by atoms with Gasteiger partial charge in [-0.2, -0.15) is 5.26 Å². The van der Waals surface area contributed by atoms with Gasteiger partial charge in [-0.05, 0) is 12.1 Å². The van der Waals surface area contributed by atoms with Gasteiger partial charge in [0.25, 0.3) is 5.69 Å². The van der Waals surface area contributed by atoms with Crippen molar-refractivity contribution in [2.45, 2.75) is 0 Å². The van der Waals surface area contributed by atoms with Crippen LogP contribution in [0, 0.1) is 21.4 Å². The normalized spacial score (nSPS) is 9.19. The molecule has 0 aliphatic heterocycles. The molecule has 0 atom stereocenters. The van der Waals surface area contributed by atoms with Gasteiger partial charge in [-0.3, -0.25) is 19.7 Å². The molecule has 0 saturated heterocycles. The van der Waals surface area contributed by atoms with Crippen molar-refractivity contribution in [3.8, 4) is 6.07 Å². The van der Waals surface area contributed by atoms with Crippen LogP contribution in [0.2, 0.25) is 0 Å². The summed E-state index contributed by atoms with van der Waals surface area (Å²) in [6, 6.07) is 3.68. The van der Waals surface area contributed by atoms with Crippen molar-refractivity contribution in [2.24, 2.45) is 5.73 Å². The van der Waals surface area contributed by atoms with Gasteiger partial charge in [-0.15, -0.1) is 0 Å². The van der Waals surface area contributed by atoms with Gasteiger partial charge in [0.2, 0.25) is 5.91 Å². The van der Waals surface area contributed by atoms with Crippen LogP contribution in [0.4, 0.5) is 5.69 Å². The SMILES string of the molecule is N#Cc1c(C(N)=O)ccc(C=O)c1[N+](=O)[O-]. The maximum Gasteiger partial charge on any atom is 0.298 e. The van der Waals surface area contributed by atoms with Crippen LogP contribution in [0.3, 0.4) is 0 Å². The van der Waals surface area contributed by atoms with E-state index < -0.39 is 22.1 Å². The molecule has 0 radical (unpaired) electrons. The number of benzene rings is 1. The number of aldehydes is 1. The van der Waals surface area contributed by atoms with E-state index in [1.807, 2.05) is 0 Å². The van der Waals surface area contributed by atoms with E-state index in [9.17, 15) is 19.7 Å². The van der Waals surface area contributed by atoms with Crippen LogP contribution in [0.5, 0.6) is 0 Å². The standard InChI is InChI=1S/C9H5N3O4/c10-3-7-6(9(11)14)2-1-5(4-13)8(7)12(15)16/h1-2,4H,(H2,11,14). The monoisotopic (exact) mass is 219 g/mol. The second-order valence-electron chi connectivity index (χ2n) is 2.78. The van der Waals surface area contributed by atoms with E-state index in [0.29, 0.717) is 0 Å². The maximum atomic E-state index is 10.9. The van der Waals surface area contributed by atoms with E-state index in [2.05, 4.69) is 0 Å². The molecule has 0 heterocycles. The van der Waals surface area contributed by atoms with Crippen LogP contribution < -0.4 is 5.73 Å². The summed E-state index contributed by atoms with van der Waals surface area (Å²) in [5, 5.41) is 19.4. The third-order valence-corrected chi connectivity index (χ3v) is 1.90. The first kappa shape index (κ1) is 11.3. The van der Waals surface area contributed by atoms with E-state index in [1.54, 1.807) is 0 Å². The number of nitro groups is 1. The van der Waals surface area contributed by atoms with Crippen molar-refractivity contribution in [3.05, 3.63) is 38.9 Å². The lowest BCUT2D eigenvalue weighted by atomic mass is 10.0. The number of primary amides is 1. The van der Waals surface area contributed by atoms with Crippen LogP contribution in [0.1, 0.15) is 26.3 Å². The minimum atomic E-state index is -0.961. The van der Waals surface area contributed by atoms with Gasteiger partial charge in [0.1, 0.15) is 11.6 Å². The molecule has 1 rings (SSSR count). The fourth-order valence-electron chi connectivity index (χ4n) is 1.22. The number of hydrogen-bond acceptors (Lipinski definition) is 5. The van der Waals surface area contributed by atoms with Crippen LogP contribution in [0.15, 0.2) is 12.1 Å². The molecule has 0 saturated carbocycles. The minimum absolute atomic E-state index is 0.240. The molecular formula is C9H5N3O4. The molecule has 7 nitrogen and oxygen atoms in total. The Kier molecular flexibility index (Phi) is 2.96. The van der Waals surface area contributed by atoms with Gasteiger partial charge in [-0.25, -0.2) is 0 Å². The highest BCUT2D eigenvalue weighted by Gasteiger charge is 2.24. The summed E-state index contributed by atoms with van der Waals surface area (Å²) < 4.78 is 0. The van der Waals surface area contributed by atoms with Gasteiger partial charge in [0, 0.05) is 0 Å². The average molecular weight is 219 g/mol. The molecule has 1 aromatic carbocycles. The van der Waals surface area contributed by atoms with E-state index >= 15 is 0 Å². The predicted octanol–water partition coefficient (Wildman–Crippen LogP) is 0.378. The van der Waals surface area contributed by atoms with Crippen LogP contribution in [0.25, 0.3) is 0 Å². The number of carbonyl (C=O) groups is 2. The van der Waals surface area contributed by atoms with Crippen molar-refractivity contribution in [1.82, 2.24) is 0 Å². The van der Waals surface area contributed by atoms with Gasteiger partial charge in [0.05, 0.1) is 16.1 Å². The van der Waals surface area contributed by atoms with E-state index in [1.165, 1.54) is 6.07 Å². The highest BCUT2D eigenvalue weighted by molar-refractivity contribution is 5.98. The lowest BCUT2D eigenvalue weighted by Crippen LogP contribution is -2.14. The summed E-state index contributed by atoms with van der Waals surface area (Å²) in [5.41, 5.74) is 3.20. The summed E-state index contributed by atoms with van der Waals surface area (Å²) in [6.07, 6.45) is 0.240. The number of hydrogen-bond donors (Lipinski definition) is 1. The lowest BCUT2D eigenvalue weighted by molar-refractivity contribution is -0.385. The average Bonchev–Trinajstić information content (AvgIpc) is 2.26. The Balaban J connectivity index is 3.71. The number of nitrogens with two attached hydrogens (primary N) is 1. The summed E-state index contributed by atoms with van der Waals surface area (Å²) in [6.45, 7) is 0. The molecule has 0 bridgehead atoms.